The van der Waals surface area contributed by atoms with E-state index in [0.717, 1.165) is 41.5 Å². The number of carbonyl (C=O) groups is 1. The molecule has 2 aromatic carbocycles. The number of rotatable bonds is 5. The topological polar surface area (TPSA) is 72.9 Å². The first-order chi connectivity index (χ1) is 12.7. The van der Waals surface area contributed by atoms with Gasteiger partial charge in [0.15, 0.2) is 0 Å². The zero-order chi connectivity index (χ0) is 17.9. The number of fused-ring (bicyclic) bond motifs is 1. The quantitative estimate of drug-likeness (QED) is 0.706. The van der Waals surface area contributed by atoms with E-state index in [1.165, 1.54) is 0 Å². The predicted octanol–water partition coefficient (Wildman–Crippen LogP) is 3.58. The van der Waals surface area contributed by atoms with Crippen LogP contribution in [-0.2, 0) is 11.3 Å². The van der Waals surface area contributed by atoms with Crippen LogP contribution in [0.2, 0.25) is 0 Å². The van der Waals surface area contributed by atoms with Crippen LogP contribution in [0.3, 0.4) is 0 Å². The van der Waals surface area contributed by atoms with Crippen molar-refractivity contribution in [3.05, 3.63) is 60.4 Å². The molecule has 1 aliphatic carbocycles. The first kappa shape index (κ1) is 19.4. The summed E-state index contributed by atoms with van der Waals surface area (Å²) in [6, 6.07) is 16.5. The van der Waals surface area contributed by atoms with Crippen LogP contribution in [0.4, 0.5) is 0 Å². The van der Waals surface area contributed by atoms with Crippen LogP contribution in [0, 0.1) is 5.92 Å². The predicted molar refractivity (Wildman–Crippen MR) is 110 cm³/mol. The molecule has 5 nitrogen and oxygen atoms in total. The lowest BCUT2D eigenvalue weighted by Crippen LogP contribution is -2.31. The smallest absolute Gasteiger partial charge is 0.220 e. The van der Waals surface area contributed by atoms with E-state index >= 15 is 0 Å². The molecule has 0 aliphatic heterocycles. The standard InChI is InChI=1S/C21H24N4O.ClH/c22-18-5-3-4-16(18)12-21(26)23-13-15-8-10-17(11-9-15)25-14-24-19-6-1-2-7-20(19)25;/h1-2,6-11,14,16,18H,3-5,12-13,22H2,(H,23,26);1H/t16-,18+;/m0./s1. The maximum atomic E-state index is 12.1. The number of hydrogen-bond donors (Lipinski definition) is 2. The Bertz CT molecular complexity index is 906. The van der Waals surface area contributed by atoms with Crippen molar-refractivity contribution in [2.24, 2.45) is 11.7 Å². The third-order valence-corrected chi connectivity index (χ3v) is 5.32. The van der Waals surface area contributed by atoms with Gasteiger partial charge in [-0.05, 0) is 48.6 Å². The lowest BCUT2D eigenvalue weighted by atomic mass is 10.00. The largest absolute Gasteiger partial charge is 0.352 e. The third kappa shape index (κ3) is 4.31. The summed E-state index contributed by atoms with van der Waals surface area (Å²) >= 11 is 0. The lowest BCUT2D eigenvalue weighted by molar-refractivity contribution is -0.122. The molecule has 27 heavy (non-hydrogen) atoms. The molecule has 1 fully saturated rings. The van der Waals surface area contributed by atoms with Crippen molar-refractivity contribution >= 4 is 29.3 Å². The fraction of sp³-hybridized carbons (Fsp3) is 0.333. The summed E-state index contributed by atoms with van der Waals surface area (Å²) in [4.78, 5) is 16.6. The fourth-order valence-electron chi connectivity index (χ4n) is 3.77. The number of carbonyl (C=O) groups excluding carboxylic acids is 1. The molecule has 0 spiro atoms. The van der Waals surface area contributed by atoms with E-state index in [9.17, 15) is 4.79 Å². The number of nitrogens with zero attached hydrogens (tertiary/aromatic N) is 2. The zero-order valence-corrected chi connectivity index (χ0v) is 16.0. The van der Waals surface area contributed by atoms with E-state index < -0.39 is 0 Å². The van der Waals surface area contributed by atoms with Gasteiger partial charge in [-0.2, -0.15) is 0 Å². The van der Waals surface area contributed by atoms with Gasteiger partial charge in [-0.25, -0.2) is 4.98 Å². The van der Waals surface area contributed by atoms with Crippen LogP contribution in [0.25, 0.3) is 16.7 Å². The molecule has 4 rings (SSSR count). The summed E-state index contributed by atoms with van der Waals surface area (Å²) in [5.74, 6) is 0.434. The number of nitrogens with two attached hydrogens (primary N) is 1. The third-order valence-electron chi connectivity index (χ3n) is 5.32. The SMILES string of the molecule is Cl.N[C@@H]1CCC[C@H]1CC(=O)NCc1ccc(-n2cnc3ccccc32)cc1. The second kappa shape index (κ2) is 8.55. The summed E-state index contributed by atoms with van der Waals surface area (Å²) in [5.41, 5.74) is 10.3. The highest BCUT2D eigenvalue weighted by Gasteiger charge is 2.25. The summed E-state index contributed by atoms with van der Waals surface area (Å²) in [5, 5.41) is 3.02. The Morgan fingerprint density at radius 3 is 2.67 bits per heavy atom. The van der Waals surface area contributed by atoms with Gasteiger partial charge in [-0.3, -0.25) is 9.36 Å². The molecule has 0 unspecified atom stereocenters. The highest BCUT2D eigenvalue weighted by molar-refractivity contribution is 5.85. The maximum Gasteiger partial charge on any atom is 0.220 e. The van der Waals surface area contributed by atoms with E-state index in [0.29, 0.717) is 18.9 Å². The summed E-state index contributed by atoms with van der Waals surface area (Å²) in [7, 11) is 0. The Hall–Kier alpha value is -2.37. The molecule has 3 aromatic rings. The Balaban J connectivity index is 0.00000210. The van der Waals surface area contributed by atoms with Crippen LogP contribution >= 0.6 is 12.4 Å². The molecule has 2 atom stereocenters. The number of imidazole rings is 1. The van der Waals surface area contributed by atoms with Crippen molar-refractivity contribution in [1.29, 1.82) is 0 Å². The van der Waals surface area contributed by atoms with Gasteiger partial charge in [-0.1, -0.05) is 30.7 Å². The van der Waals surface area contributed by atoms with Crippen molar-refractivity contribution in [2.75, 3.05) is 0 Å². The van der Waals surface area contributed by atoms with Crippen molar-refractivity contribution in [3.8, 4) is 5.69 Å². The van der Waals surface area contributed by atoms with Crippen molar-refractivity contribution in [2.45, 2.75) is 38.3 Å². The van der Waals surface area contributed by atoms with Gasteiger partial charge >= 0.3 is 0 Å². The molecule has 0 radical (unpaired) electrons. The van der Waals surface area contributed by atoms with E-state index in [1.807, 2.05) is 36.7 Å². The van der Waals surface area contributed by atoms with Crippen LogP contribution in [0.15, 0.2) is 54.9 Å². The number of para-hydroxylation sites is 2. The molecule has 1 aromatic heterocycles. The normalized spacial score (nSPS) is 19.0. The average Bonchev–Trinajstić information content (AvgIpc) is 3.27. The van der Waals surface area contributed by atoms with Crippen molar-refractivity contribution < 1.29 is 4.79 Å². The second-order valence-corrected chi connectivity index (χ2v) is 7.11. The minimum absolute atomic E-state index is 0. The van der Waals surface area contributed by atoms with Crippen LogP contribution in [0.5, 0.6) is 0 Å². The molecule has 1 heterocycles. The number of nitrogens with one attached hydrogen (secondary N) is 1. The Kier molecular flexibility index (Phi) is 6.14. The number of amides is 1. The fourth-order valence-corrected chi connectivity index (χ4v) is 3.77. The van der Waals surface area contributed by atoms with E-state index in [1.54, 1.807) is 0 Å². The summed E-state index contributed by atoms with van der Waals surface area (Å²) in [6.07, 6.45) is 5.64. The highest BCUT2D eigenvalue weighted by atomic mass is 35.5. The summed E-state index contributed by atoms with van der Waals surface area (Å²) < 4.78 is 2.07. The Morgan fingerprint density at radius 1 is 1.15 bits per heavy atom. The zero-order valence-electron chi connectivity index (χ0n) is 15.2. The number of benzene rings is 2. The molecule has 3 N–H and O–H groups in total. The Labute approximate surface area is 165 Å². The van der Waals surface area contributed by atoms with Crippen LogP contribution in [0.1, 0.15) is 31.2 Å². The molecule has 1 amide bonds. The van der Waals surface area contributed by atoms with Crippen LogP contribution in [-0.4, -0.2) is 21.5 Å². The molecule has 0 bridgehead atoms. The van der Waals surface area contributed by atoms with Crippen molar-refractivity contribution in [3.63, 3.8) is 0 Å². The molecular weight excluding hydrogens is 360 g/mol. The van der Waals surface area contributed by atoms with E-state index in [-0.39, 0.29) is 24.4 Å². The minimum atomic E-state index is 0. The van der Waals surface area contributed by atoms with Gasteiger partial charge < -0.3 is 11.1 Å². The monoisotopic (exact) mass is 384 g/mol. The molecule has 0 saturated heterocycles. The van der Waals surface area contributed by atoms with Gasteiger partial charge in [0.25, 0.3) is 0 Å². The average molecular weight is 385 g/mol. The van der Waals surface area contributed by atoms with Gasteiger partial charge in [0.1, 0.15) is 6.33 Å². The molecule has 142 valence electrons. The summed E-state index contributed by atoms with van der Waals surface area (Å²) in [6.45, 7) is 0.547. The van der Waals surface area contributed by atoms with E-state index in [4.69, 9.17) is 5.73 Å². The number of halogens is 1. The van der Waals surface area contributed by atoms with Gasteiger partial charge in [0.2, 0.25) is 5.91 Å². The first-order valence-corrected chi connectivity index (χ1v) is 9.24. The molecule has 1 aliphatic rings. The molecule has 6 heteroatoms. The molecular formula is C21H25ClN4O. The van der Waals surface area contributed by atoms with E-state index in [2.05, 4.69) is 33.1 Å². The second-order valence-electron chi connectivity index (χ2n) is 7.11. The van der Waals surface area contributed by atoms with Gasteiger partial charge in [-0.15, -0.1) is 12.4 Å². The Morgan fingerprint density at radius 2 is 1.93 bits per heavy atom. The number of hydrogen-bond acceptors (Lipinski definition) is 3. The first-order valence-electron chi connectivity index (χ1n) is 9.24. The lowest BCUT2D eigenvalue weighted by Gasteiger charge is -2.14. The number of aromatic nitrogens is 2. The van der Waals surface area contributed by atoms with Gasteiger partial charge in [0, 0.05) is 24.7 Å². The highest BCUT2D eigenvalue weighted by Crippen LogP contribution is 2.26. The molecule has 1 saturated carbocycles. The van der Waals surface area contributed by atoms with Gasteiger partial charge in [0.05, 0.1) is 11.0 Å². The van der Waals surface area contributed by atoms with Crippen molar-refractivity contribution in [1.82, 2.24) is 14.9 Å². The maximum absolute atomic E-state index is 12.1. The van der Waals surface area contributed by atoms with Crippen LogP contribution < -0.4 is 11.1 Å². The minimum Gasteiger partial charge on any atom is -0.352 e.